The lowest BCUT2D eigenvalue weighted by molar-refractivity contribution is -0.126. The Kier molecular flexibility index (Phi) is 4.77. The van der Waals surface area contributed by atoms with Gasteiger partial charge in [-0.05, 0) is 35.0 Å². The maximum Gasteiger partial charge on any atom is 0.227 e. The number of anilines is 1. The van der Waals surface area contributed by atoms with E-state index in [4.69, 9.17) is 0 Å². The Morgan fingerprint density at radius 2 is 2.26 bits per heavy atom. The van der Waals surface area contributed by atoms with Gasteiger partial charge in [0.05, 0.1) is 23.2 Å². The number of aromatic nitrogens is 1. The standard InChI is InChI=1S/C16H16BrN3O2S/c1-10-18-7-12(23-10)8-19-16(22)11-6-15(21)20(9-11)14-5-3-2-4-13(14)17/h2-5,7,11H,6,8-9H2,1H3,(H,19,22). The van der Waals surface area contributed by atoms with Crippen LogP contribution in [0.15, 0.2) is 34.9 Å². The van der Waals surface area contributed by atoms with Crippen LogP contribution in [0.2, 0.25) is 0 Å². The summed E-state index contributed by atoms with van der Waals surface area (Å²) < 4.78 is 0.856. The minimum Gasteiger partial charge on any atom is -0.351 e. The molecule has 1 aliphatic heterocycles. The molecule has 0 aliphatic carbocycles. The molecule has 1 unspecified atom stereocenters. The van der Waals surface area contributed by atoms with Crippen molar-refractivity contribution in [3.63, 3.8) is 0 Å². The largest absolute Gasteiger partial charge is 0.351 e. The lowest BCUT2D eigenvalue weighted by Crippen LogP contribution is -2.32. The highest BCUT2D eigenvalue weighted by atomic mass is 79.9. The van der Waals surface area contributed by atoms with E-state index in [1.807, 2.05) is 31.2 Å². The number of nitrogens with zero attached hydrogens (tertiary/aromatic N) is 2. The summed E-state index contributed by atoms with van der Waals surface area (Å²) in [5.41, 5.74) is 0.811. The van der Waals surface area contributed by atoms with Gasteiger partial charge in [-0.3, -0.25) is 9.59 Å². The molecule has 2 amide bonds. The average molecular weight is 394 g/mol. The first kappa shape index (κ1) is 16.1. The fraction of sp³-hybridized carbons (Fsp3) is 0.312. The van der Waals surface area contributed by atoms with Crippen molar-refractivity contribution in [3.05, 3.63) is 44.8 Å². The summed E-state index contributed by atoms with van der Waals surface area (Å²) in [6.07, 6.45) is 2.02. The van der Waals surface area contributed by atoms with E-state index in [2.05, 4.69) is 26.2 Å². The summed E-state index contributed by atoms with van der Waals surface area (Å²) >= 11 is 5.02. The molecule has 0 bridgehead atoms. The second-order valence-electron chi connectivity index (χ2n) is 5.42. The van der Waals surface area contributed by atoms with Gasteiger partial charge in [0.1, 0.15) is 0 Å². The highest BCUT2D eigenvalue weighted by Gasteiger charge is 2.35. The summed E-state index contributed by atoms with van der Waals surface area (Å²) in [4.78, 5) is 31.4. The van der Waals surface area contributed by atoms with Crippen molar-refractivity contribution in [2.24, 2.45) is 5.92 Å². The maximum absolute atomic E-state index is 12.3. The van der Waals surface area contributed by atoms with Crippen LogP contribution in [0.1, 0.15) is 16.3 Å². The van der Waals surface area contributed by atoms with E-state index < -0.39 is 0 Å². The maximum atomic E-state index is 12.3. The Hall–Kier alpha value is -1.73. The molecule has 0 radical (unpaired) electrons. The Morgan fingerprint density at radius 3 is 2.96 bits per heavy atom. The molecule has 2 heterocycles. The number of carbonyl (C=O) groups is 2. The third kappa shape index (κ3) is 3.61. The third-order valence-corrected chi connectivity index (χ3v) is 5.33. The zero-order valence-electron chi connectivity index (χ0n) is 12.6. The van der Waals surface area contributed by atoms with Crippen molar-refractivity contribution in [3.8, 4) is 0 Å². The van der Waals surface area contributed by atoms with Gasteiger partial charge in [-0.25, -0.2) is 4.98 Å². The Labute approximate surface area is 146 Å². The highest BCUT2D eigenvalue weighted by Crippen LogP contribution is 2.31. The molecule has 1 N–H and O–H groups in total. The second-order valence-corrected chi connectivity index (χ2v) is 7.59. The van der Waals surface area contributed by atoms with Gasteiger partial charge in [0.15, 0.2) is 0 Å². The second kappa shape index (κ2) is 6.80. The monoisotopic (exact) mass is 393 g/mol. The van der Waals surface area contributed by atoms with E-state index >= 15 is 0 Å². The fourth-order valence-electron chi connectivity index (χ4n) is 2.59. The van der Waals surface area contributed by atoms with Crippen molar-refractivity contribution in [1.29, 1.82) is 0 Å². The van der Waals surface area contributed by atoms with Crippen LogP contribution in [-0.4, -0.2) is 23.3 Å². The zero-order chi connectivity index (χ0) is 16.4. The van der Waals surface area contributed by atoms with Crippen LogP contribution in [0.3, 0.4) is 0 Å². The summed E-state index contributed by atoms with van der Waals surface area (Å²) in [7, 11) is 0. The number of carbonyl (C=O) groups excluding carboxylic acids is 2. The van der Waals surface area contributed by atoms with Crippen LogP contribution in [0, 0.1) is 12.8 Å². The summed E-state index contributed by atoms with van der Waals surface area (Å²) in [5, 5.41) is 3.88. The molecule has 1 saturated heterocycles. The molecule has 1 atom stereocenters. The molecule has 1 aliphatic rings. The van der Waals surface area contributed by atoms with Crippen LogP contribution >= 0.6 is 27.3 Å². The summed E-state index contributed by atoms with van der Waals surface area (Å²) in [5.74, 6) is -0.423. The first-order valence-electron chi connectivity index (χ1n) is 7.28. The van der Waals surface area contributed by atoms with Gasteiger partial charge in [0.25, 0.3) is 0 Å². The summed E-state index contributed by atoms with van der Waals surface area (Å²) in [6.45, 7) is 2.81. The molecule has 23 heavy (non-hydrogen) atoms. The van der Waals surface area contributed by atoms with Gasteiger partial charge < -0.3 is 10.2 Å². The molecule has 0 saturated carbocycles. The number of aryl methyl sites for hydroxylation is 1. The predicted molar refractivity (Wildman–Crippen MR) is 93.3 cm³/mol. The minimum atomic E-state index is -0.316. The molecule has 5 nitrogen and oxygen atoms in total. The molecule has 1 fully saturated rings. The van der Waals surface area contributed by atoms with Gasteiger partial charge in [-0.1, -0.05) is 12.1 Å². The molecule has 3 rings (SSSR count). The number of nitrogens with one attached hydrogen (secondary N) is 1. The van der Waals surface area contributed by atoms with Crippen molar-refractivity contribution >= 4 is 44.8 Å². The van der Waals surface area contributed by atoms with E-state index in [0.717, 1.165) is 20.0 Å². The Bertz CT molecular complexity index is 746. The van der Waals surface area contributed by atoms with E-state index in [1.54, 1.807) is 22.4 Å². The quantitative estimate of drug-likeness (QED) is 0.868. The van der Waals surface area contributed by atoms with Gasteiger partial charge in [-0.2, -0.15) is 0 Å². The van der Waals surface area contributed by atoms with Gasteiger partial charge in [0, 0.05) is 28.5 Å². The molecular formula is C16H16BrN3O2S. The Balaban J connectivity index is 1.63. The lowest BCUT2D eigenvalue weighted by Gasteiger charge is -2.18. The number of halogens is 1. The molecule has 1 aromatic heterocycles. The molecule has 2 aromatic rings. The van der Waals surface area contributed by atoms with Crippen LogP contribution in [-0.2, 0) is 16.1 Å². The fourth-order valence-corrected chi connectivity index (χ4v) is 3.83. The first-order chi connectivity index (χ1) is 11.0. The normalized spacial score (nSPS) is 17.6. The number of rotatable bonds is 4. The van der Waals surface area contributed by atoms with Gasteiger partial charge in [-0.15, -0.1) is 11.3 Å². The van der Waals surface area contributed by atoms with E-state index in [0.29, 0.717) is 13.1 Å². The number of hydrogen-bond acceptors (Lipinski definition) is 4. The van der Waals surface area contributed by atoms with Gasteiger partial charge in [0.2, 0.25) is 11.8 Å². The average Bonchev–Trinajstić information content (AvgIpc) is 3.11. The number of amides is 2. The van der Waals surface area contributed by atoms with Crippen LogP contribution in [0.25, 0.3) is 0 Å². The predicted octanol–water partition coefficient (Wildman–Crippen LogP) is 2.88. The lowest BCUT2D eigenvalue weighted by atomic mass is 10.1. The smallest absolute Gasteiger partial charge is 0.227 e. The zero-order valence-corrected chi connectivity index (χ0v) is 15.0. The van der Waals surface area contributed by atoms with Crippen LogP contribution in [0.4, 0.5) is 5.69 Å². The van der Waals surface area contributed by atoms with Crippen molar-refractivity contribution < 1.29 is 9.59 Å². The van der Waals surface area contributed by atoms with Crippen LogP contribution < -0.4 is 10.2 Å². The van der Waals surface area contributed by atoms with Crippen molar-refractivity contribution in [2.75, 3.05) is 11.4 Å². The van der Waals surface area contributed by atoms with Crippen molar-refractivity contribution in [2.45, 2.75) is 19.9 Å². The molecule has 0 spiro atoms. The van der Waals surface area contributed by atoms with Crippen LogP contribution in [0.5, 0.6) is 0 Å². The van der Waals surface area contributed by atoms with E-state index in [-0.39, 0.29) is 24.2 Å². The Morgan fingerprint density at radius 1 is 1.48 bits per heavy atom. The number of hydrogen-bond donors (Lipinski definition) is 1. The molecule has 7 heteroatoms. The number of thiazole rings is 1. The minimum absolute atomic E-state index is 0.0225. The van der Waals surface area contributed by atoms with E-state index in [1.165, 1.54) is 0 Å². The number of para-hydroxylation sites is 1. The summed E-state index contributed by atoms with van der Waals surface area (Å²) in [6, 6.07) is 7.55. The SMILES string of the molecule is Cc1ncc(CNC(=O)C2CC(=O)N(c3ccccc3Br)C2)s1. The molecular weight excluding hydrogens is 378 g/mol. The third-order valence-electron chi connectivity index (χ3n) is 3.75. The molecule has 120 valence electrons. The van der Waals surface area contributed by atoms with Gasteiger partial charge >= 0.3 is 0 Å². The molecule has 1 aromatic carbocycles. The topological polar surface area (TPSA) is 62.3 Å². The number of benzene rings is 1. The van der Waals surface area contributed by atoms with Crippen molar-refractivity contribution in [1.82, 2.24) is 10.3 Å². The first-order valence-corrected chi connectivity index (χ1v) is 8.89. The highest BCUT2D eigenvalue weighted by molar-refractivity contribution is 9.10. The van der Waals surface area contributed by atoms with E-state index in [9.17, 15) is 9.59 Å².